The molecule has 1 aliphatic heterocycles. The van der Waals surface area contributed by atoms with Gasteiger partial charge in [-0.05, 0) is 37.7 Å². The molecule has 0 aliphatic carbocycles. The maximum absolute atomic E-state index is 12.5. The van der Waals surface area contributed by atoms with Gasteiger partial charge in [0.25, 0.3) is 5.91 Å². The highest BCUT2D eigenvalue weighted by atomic mass is 32.2. The van der Waals surface area contributed by atoms with Crippen molar-refractivity contribution >= 4 is 40.3 Å². The molecule has 1 fully saturated rings. The number of carbonyl (C=O) groups is 1. The van der Waals surface area contributed by atoms with Crippen LogP contribution in [0.1, 0.15) is 25.8 Å². The summed E-state index contributed by atoms with van der Waals surface area (Å²) in [5.41, 5.74) is 1.03. The van der Waals surface area contributed by atoms with E-state index in [4.69, 9.17) is 12.2 Å². The van der Waals surface area contributed by atoms with Crippen LogP contribution in [0.25, 0.3) is 6.08 Å². The molecule has 1 saturated heterocycles. The summed E-state index contributed by atoms with van der Waals surface area (Å²) in [5.74, 6) is 0.0402. The number of hydrogen-bond donors (Lipinski definition) is 0. The quantitative estimate of drug-likeness (QED) is 0.561. The summed E-state index contributed by atoms with van der Waals surface area (Å²) in [6.07, 6.45) is 2.87. The molecule has 0 atom stereocenters. The Kier molecular flexibility index (Phi) is 6.61. The van der Waals surface area contributed by atoms with Gasteiger partial charge in [-0.3, -0.25) is 9.69 Å². The first-order valence-corrected chi connectivity index (χ1v) is 8.91. The van der Waals surface area contributed by atoms with Gasteiger partial charge in [-0.2, -0.15) is 0 Å². The normalized spacial score (nSPS) is 17.0. The molecule has 2 rings (SSSR count). The average molecular weight is 335 g/mol. The number of benzene rings is 1. The molecule has 0 aromatic heterocycles. The van der Waals surface area contributed by atoms with Gasteiger partial charge in [-0.15, -0.1) is 0 Å². The lowest BCUT2D eigenvalue weighted by Gasteiger charge is -2.20. The minimum atomic E-state index is 0.0402. The number of thioether (sulfide) groups is 1. The summed E-state index contributed by atoms with van der Waals surface area (Å²) in [4.78, 5) is 17.3. The zero-order chi connectivity index (χ0) is 15.9. The first-order valence-electron chi connectivity index (χ1n) is 7.68. The van der Waals surface area contributed by atoms with Crippen LogP contribution in [0.4, 0.5) is 0 Å². The van der Waals surface area contributed by atoms with Gasteiger partial charge in [0.05, 0.1) is 4.91 Å². The van der Waals surface area contributed by atoms with Crippen molar-refractivity contribution in [2.75, 3.05) is 26.2 Å². The molecule has 0 radical (unpaired) electrons. The standard InChI is InChI=1S/C17H22N2OS2/c1-3-18(4-2)11-8-12-19-16(20)15(22-17(19)21)13-14-9-6-5-7-10-14/h5-7,9-10,13H,3-4,8,11-12H2,1-2H3. The highest BCUT2D eigenvalue weighted by Gasteiger charge is 2.31. The molecule has 5 heteroatoms. The highest BCUT2D eigenvalue weighted by molar-refractivity contribution is 8.26. The van der Waals surface area contributed by atoms with Gasteiger partial charge in [0.2, 0.25) is 0 Å². The lowest BCUT2D eigenvalue weighted by atomic mass is 10.2. The fourth-order valence-corrected chi connectivity index (χ4v) is 3.69. The van der Waals surface area contributed by atoms with Crippen molar-refractivity contribution in [3.63, 3.8) is 0 Å². The van der Waals surface area contributed by atoms with Crippen molar-refractivity contribution in [1.82, 2.24) is 9.80 Å². The van der Waals surface area contributed by atoms with E-state index in [1.54, 1.807) is 4.90 Å². The molecule has 3 nitrogen and oxygen atoms in total. The van der Waals surface area contributed by atoms with E-state index in [-0.39, 0.29) is 5.91 Å². The molecule has 118 valence electrons. The first kappa shape index (κ1) is 17.2. The second-order valence-corrected chi connectivity index (χ2v) is 6.80. The van der Waals surface area contributed by atoms with Gasteiger partial charge in [-0.1, -0.05) is 68.2 Å². The van der Waals surface area contributed by atoms with Crippen LogP contribution in [0.15, 0.2) is 35.2 Å². The molecule has 0 bridgehead atoms. The number of hydrogen-bond acceptors (Lipinski definition) is 4. The third kappa shape index (κ3) is 4.41. The average Bonchev–Trinajstić information content (AvgIpc) is 2.79. The van der Waals surface area contributed by atoms with E-state index in [0.717, 1.165) is 36.5 Å². The van der Waals surface area contributed by atoms with Crippen molar-refractivity contribution in [1.29, 1.82) is 0 Å². The first-order chi connectivity index (χ1) is 10.7. The summed E-state index contributed by atoms with van der Waals surface area (Å²) < 4.78 is 0.673. The Hall–Kier alpha value is -1.17. The zero-order valence-corrected chi connectivity index (χ0v) is 14.8. The molecule has 22 heavy (non-hydrogen) atoms. The molecule has 1 amide bonds. The maximum Gasteiger partial charge on any atom is 0.266 e. The van der Waals surface area contributed by atoms with Crippen LogP contribution in [0, 0.1) is 0 Å². The SMILES string of the molecule is CCN(CC)CCCN1C(=O)C(=Cc2ccccc2)SC1=S. The van der Waals surface area contributed by atoms with Crippen molar-refractivity contribution < 1.29 is 4.79 Å². The van der Waals surface area contributed by atoms with Crippen LogP contribution < -0.4 is 0 Å². The van der Waals surface area contributed by atoms with Crippen molar-refractivity contribution in [2.24, 2.45) is 0 Å². The monoisotopic (exact) mass is 334 g/mol. The molecule has 0 unspecified atom stereocenters. The topological polar surface area (TPSA) is 23.6 Å². The number of carbonyl (C=O) groups excluding carboxylic acids is 1. The fourth-order valence-electron chi connectivity index (χ4n) is 2.39. The van der Waals surface area contributed by atoms with E-state index < -0.39 is 0 Å². The van der Waals surface area contributed by atoms with Crippen molar-refractivity contribution in [3.8, 4) is 0 Å². The number of nitrogens with zero attached hydrogens (tertiary/aromatic N) is 2. The molecule has 0 N–H and O–H groups in total. The lowest BCUT2D eigenvalue weighted by molar-refractivity contribution is -0.122. The van der Waals surface area contributed by atoms with Gasteiger partial charge in [0.15, 0.2) is 0 Å². The van der Waals surface area contributed by atoms with E-state index in [1.807, 2.05) is 36.4 Å². The third-order valence-electron chi connectivity index (χ3n) is 3.72. The van der Waals surface area contributed by atoms with Gasteiger partial charge >= 0.3 is 0 Å². The van der Waals surface area contributed by atoms with E-state index in [9.17, 15) is 4.79 Å². The van der Waals surface area contributed by atoms with Gasteiger partial charge in [0.1, 0.15) is 4.32 Å². The minimum absolute atomic E-state index is 0.0402. The molecule has 1 heterocycles. The minimum Gasteiger partial charge on any atom is -0.304 e. The smallest absolute Gasteiger partial charge is 0.266 e. The van der Waals surface area contributed by atoms with Crippen molar-refractivity contribution in [2.45, 2.75) is 20.3 Å². The Morgan fingerprint density at radius 3 is 2.55 bits per heavy atom. The highest BCUT2D eigenvalue weighted by Crippen LogP contribution is 2.32. The molecular formula is C17H22N2OS2. The summed E-state index contributed by atoms with van der Waals surface area (Å²) >= 11 is 6.76. The Morgan fingerprint density at radius 2 is 1.91 bits per heavy atom. The summed E-state index contributed by atoms with van der Waals surface area (Å²) in [6.45, 7) is 8.11. The molecular weight excluding hydrogens is 312 g/mol. The van der Waals surface area contributed by atoms with Crippen LogP contribution in [-0.2, 0) is 4.79 Å². The second-order valence-electron chi connectivity index (χ2n) is 5.12. The van der Waals surface area contributed by atoms with Crippen LogP contribution in [0.3, 0.4) is 0 Å². The predicted molar refractivity (Wildman–Crippen MR) is 98.7 cm³/mol. The molecule has 1 aromatic carbocycles. The summed E-state index contributed by atoms with van der Waals surface area (Å²) in [7, 11) is 0. The van der Waals surface area contributed by atoms with Gasteiger partial charge in [0, 0.05) is 6.54 Å². The number of amides is 1. The van der Waals surface area contributed by atoms with Crippen LogP contribution in [0.5, 0.6) is 0 Å². The van der Waals surface area contributed by atoms with E-state index in [0.29, 0.717) is 10.9 Å². The van der Waals surface area contributed by atoms with Crippen LogP contribution >= 0.6 is 24.0 Å². The Labute approximate surface area is 142 Å². The molecule has 0 spiro atoms. The second kappa shape index (κ2) is 8.46. The van der Waals surface area contributed by atoms with E-state index in [1.165, 1.54) is 11.8 Å². The number of rotatable bonds is 7. The van der Waals surface area contributed by atoms with Gasteiger partial charge in [-0.25, -0.2) is 0 Å². The largest absolute Gasteiger partial charge is 0.304 e. The Balaban J connectivity index is 1.96. The molecule has 0 saturated carbocycles. The maximum atomic E-state index is 12.5. The summed E-state index contributed by atoms with van der Waals surface area (Å²) in [6, 6.07) is 9.89. The molecule has 1 aromatic rings. The third-order valence-corrected chi connectivity index (χ3v) is 5.10. The van der Waals surface area contributed by atoms with Crippen molar-refractivity contribution in [3.05, 3.63) is 40.8 Å². The molecule has 1 aliphatic rings. The van der Waals surface area contributed by atoms with E-state index >= 15 is 0 Å². The van der Waals surface area contributed by atoms with E-state index in [2.05, 4.69) is 18.7 Å². The summed E-state index contributed by atoms with van der Waals surface area (Å²) in [5, 5.41) is 0. The predicted octanol–water partition coefficient (Wildman–Crippen LogP) is 3.62. The van der Waals surface area contributed by atoms with Gasteiger partial charge < -0.3 is 4.90 Å². The lowest BCUT2D eigenvalue weighted by Crippen LogP contribution is -2.32. The zero-order valence-electron chi connectivity index (χ0n) is 13.1. The Morgan fingerprint density at radius 1 is 1.23 bits per heavy atom. The number of thiocarbonyl (C=S) groups is 1. The fraction of sp³-hybridized carbons (Fsp3) is 0.412. The van der Waals surface area contributed by atoms with Crippen LogP contribution in [0.2, 0.25) is 0 Å². The van der Waals surface area contributed by atoms with Crippen LogP contribution in [-0.4, -0.2) is 46.2 Å². The Bertz CT molecular complexity index is 553.